The minimum Gasteiger partial charge on any atom is -0.494 e. The predicted molar refractivity (Wildman–Crippen MR) is 142 cm³/mol. The van der Waals surface area contributed by atoms with Crippen molar-refractivity contribution in [2.24, 2.45) is 23.5 Å². The van der Waals surface area contributed by atoms with Crippen LogP contribution in [-0.4, -0.2) is 65.2 Å². The molecule has 0 saturated carbocycles. The van der Waals surface area contributed by atoms with Gasteiger partial charge in [0.2, 0.25) is 17.7 Å². The number of ether oxygens (including phenoxy) is 1. The van der Waals surface area contributed by atoms with E-state index < -0.39 is 47.6 Å². The van der Waals surface area contributed by atoms with E-state index in [0.29, 0.717) is 37.2 Å². The van der Waals surface area contributed by atoms with E-state index in [9.17, 15) is 29.5 Å². The normalized spacial score (nSPS) is 20.6. The van der Waals surface area contributed by atoms with Crippen LogP contribution in [0.4, 0.5) is 0 Å². The molecule has 0 aliphatic carbocycles. The van der Waals surface area contributed by atoms with Crippen LogP contribution < -0.4 is 31.9 Å². The molecular formula is C26H40N6O7. The molecule has 39 heavy (non-hydrogen) atoms. The number of carbonyl (C=O) groups is 4. The number of hydroxylamine groups is 1. The number of carboxylic acid groups (broad SMARTS) is 1. The Morgan fingerprint density at radius 3 is 2.49 bits per heavy atom. The number of nitrogens with one attached hydrogen (secondary N) is 5. The van der Waals surface area contributed by atoms with Crippen molar-refractivity contribution in [1.82, 2.24) is 21.4 Å². The van der Waals surface area contributed by atoms with E-state index in [2.05, 4.69) is 16.0 Å². The van der Waals surface area contributed by atoms with Crippen molar-refractivity contribution in [2.75, 3.05) is 13.2 Å². The Balaban J connectivity index is 2.34. The van der Waals surface area contributed by atoms with E-state index >= 15 is 0 Å². The lowest BCUT2D eigenvalue weighted by Gasteiger charge is -2.29. The molecule has 216 valence electrons. The van der Waals surface area contributed by atoms with Gasteiger partial charge in [-0.3, -0.25) is 25.0 Å². The molecule has 2 aliphatic heterocycles. The predicted octanol–water partition coefficient (Wildman–Crippen LogP) is 0.503. The number of aliphatic carboxylic acids is 1. The lowest BCUT2D eigenvalue weighted by Crippen LogP contribution is -2.54. The first-order valence-corrected chi connectivity index (χ1v) is 13.1. The van der Waals surface area contributed by atoms with Gasteiger partial charge in [0.1, 0.15) is 17.8 Å². The highest BCUT2D eigenvalue weighted by atomic mass is 16.5. The number of hydrogen-bond donors (Lipinski definition) is 8. The zero-order chi connectivity index (χ0) is 28.9. The Bertz CT molecular complexity index is 1000. The SMILES string of the molecule is CC(C)C[C@H]1C(=O)N[C@H](C(=O)N[C@@H](CCCNC(=N)N)C(=O)O)Cc2ccc(cc2)OCCC[C@@H]1C(=O)NO. The molecule has 3 amide bonds. The van der Waals surface area contributed by atoms with Gasteiger partial charge in [-0.2, -0.15) is 0 Å². The zero-order valence-electron chi connectivity index (χ0n) is 22.4. The van der Waals surface area contributed by atoms with E-state index in [4.69, 9.17) is 15.9 Å². The van der Waals surface area contributed by atoms with E-state index in [0.717, 1.165) is 0 Å². The number of carboxylic acids is 1. The lowest BCUT2D eigenvalue weighted by molar-refractivity contribution is -0.143. The summed E-state index contributed by atoms with van der Waals surface area (Å²) in [6.45, 7) is 4.38. The largest absolute Gasteiger partial charge is 0.494 e. The summed E-state index contributed by atoms with van der Waals surface area (Å²) in [5, 5.41) is 34.1. The second-order valence-electron chi connectivity index (χ2n) is 10.1. The molecule has 0 spiro atoms. The summed E-state index contributed by atoms with van der Waals surface area (Å²) in [7, 11) is 0. The molecule has 1 aromatic rings. The molecule has 2 bridgehead atoms. The van der Waals surface area contributed by atoms with Crippen LogP contribution in [0, 0.1) is 23.2 Å². The van der Waals surface area contributed by atoms with Crippen molar-refractivity contribution in [3.63, 3.8) is 0 Å². The number of rotatable bonds is 10. The standard InChI is InChI=1S/C26H40N6O7/c1-15(2)13-19-18(23(34)32-38)5-4-12-39-17-9-7-16(8-10-17)14-21(31-22(19)33)24(35)30-20(25(36)37)6-3-11-29-26(27)28/h7-10,15,18-21,38H,3-6,11-14H2,1-2H3,(H,30,35)(H,31,33)(H,32,34)(H,36,37)(H4,27,28,29)/t18-,19+,20-,21-/m0/s1. The smallest absolute Gasteiger partial charge is 0.326 e. The van der Waals surface area contributed by atoms with Gasteiger partial charge < -0.3 is 31.5 Å². The highest BCUT2D eigenvalue weighted by molar-refractivity contribution is 5.93. The third-order valence-corrected chi connectivity index (χ3v) is 6.52. The topological polar surface area (TPSA) is 216 Å². The van der Waals surface area contributed by atoms with Crippen molar-refractivity contribution in [3.8, 4) is 5.75 Å². The van der Waals surface area contributed by atoms with Crippen molar-refractivity contribution in [2.45, 2.75) is 64.5 Å². The Morgan fingerprint density at radius 1 is 1.21 bits per heavy atom. The number of guanidine groups is 1. The fourth-order valence-corrected chi connectivity index (χ4v) is 4.56. The Morgan fingerprint density at radius 2 is 1.90 bits per heavy atom. The molecule has 13 nitrogen and oxygen atoms in total. The second kappa shape index (κ2) is 15.5. The van der Waals surface area contributed by atoms with Gasteiger partial charge in [0.25, 0.3) is 0 Å². The van der Waals surface area contributed by atoms with E-state index in [1.807, 2.05) is 13.8 Å². The first-order valence-electron chi connectivity index (χ1n) is 13.1. The van der Waals surface area contributed by atoms with Gasteiger partial charge in [-0.1, -0.05) is 26.0 Å². The summed E-state index contributed by atoms with van der Waals surface area (Å²) in [5.74, 6) is -4.47. The minimum absolute atomic E-state index is 0.0314. The summed E-state index contributed by atoms with van der Waals surface area (Å²) >= 11 is 0. The number of hydrogen-bond acceptors (Lipinski definition) is 7. The monoisotopic (exact) mass is 548 g/mol. The van der Waals surface area contributed by atoms with Gasteiger partial charge in [-0.25, -0.2) is 10.3 Å². The summed E-state index contributed by atoms with van der Waals surface area (Å²) in [6, 6.07) is 4.65. The quantitative estimate of drug-likeness (QED) is 0.0670. The fraction of sp³-hybridized carbons (Fsp3) is 0.577. The molecule has 0 aromatic heterocycles. The number of nitrogens with two attached hydrogens (primary N) is 1. The van der Waals surface area contributed by atoms with Crippen LogP contribution in [0.5, 0.6) is 5.75 Å². The highest BCUT2D eigenvalue weighted by Gasteiger charge is 2.36. The zero-order valence-corrected chi connectivity index (χ0v) is 22.4. The average molecular weight is 549 g/mol. The van der Waals surface area contributed by atoms with Crippen molar-refractivity contribution in [3.05, 3.63) is 29.8 Å². The lowest BCUT2D eigenvalue weighted by atomic mass is 9.81. The van der Waals surface area contributed by atoms with Gasteiger partial charge in [0.05, 0.1) is 12.5 Å². The molecule has 2 heterocycles. The molecular weight excluding hydrogens is 508 g/mol. The second-order valence-corrected chi connectivity index (χ2v) is 10.1. The first kappa shape index (κ1) is 31.3. The maximum Gasteiger partial charge on any atom is 0.326 e. The summed E-state index contributed by atoms with van der Waals surface area (Å²) in [5.41, 5.74) is 7.62. The van der Waals surface area contributed by atoms with Gasteiger partial charge in [0, 0.05) is 18.9 Å². The number of carbonyl (C=O) groups excluding carboxylic acids is 3. The molecule has 3 rings (SSSR count). The third-order valence-electron chi connectivity index (χ3n) is 6.52. The van der Waals surface area contributed by atoms with Gasteiger partial charge in [0.15, 0.2) is 5.96 Å². The average Bonchev–Trinajstić information content (AvgIpc) is 2.88. The molecule has 0 radical (unpaired) electrons. The summed E-state index contributed by atoms with van der Waals surface area (Å²) in [6.07, 6.45) is 1.51. The molecule has 0 fully saturated rings. The summed E-state index contributed by atoms with van der Waals surface area (Å²) in [4.78, 5) is 51.3. The molecule has 0 unspecified atom stereocenters. The number of fused-ring (bicyclic) bond motifs is 11. The fourth-order valence-electron chi connectivity index (χ4n) is 4.56. The van der Waals surface area contributed by atoms with Crippen LogP contribution in [0.2, 0.25) is 0 Å². The van der Waals surface area contributed by atoms with Crippen LogP contribution in [-0.2, 0) is 25.6 Å². The third kappa shape index (κ3) is 10.4. The number of benzene rings is 1. The maximum atomic E-state index is 13.6. The minimum atomic E-state index is -1.24. The van der Waals surface area contributed by atoms with Gasteiger partial charge >= 0.3 is 5.97 Å². The Labute approximate surface area is 227 Å². The van der Waals surface area contributed by atoms with Crippen LogP contribution in [0.15, 0.2) is 24.3 Å². The van der Waals surface area contributed by atoms with E-state index in [1.54, 1.807) is 29.7 Å². The maximum absolute atomic E-state index is 13.6. The molecule has 1 aromatic carbocycles. The summed E-state index contributed by atoms with van der Waals surface area (Å²) < 4.78 is 5.76. The number of amides is 3. The molecule has 9 N–H and O–H groups in total. The van der Waals surface area contributed by atoms with Crippen LogP contribution in [0.1, 0.15) is 51.5 Å². The van der Waals surface area contributed by atoms with Crippen molar-refractivity contribution < 1.29 is 34.2 Å². The van der Waals surface area contributed by atoms with Crippen LogP contribution >= 0.6 is 0 Å². The highest BCUT2D eigenvalue weighted by Crippen LogP contribution is 2.27. The van der Waals surface area contributed by atoms with Crippen LogP contribution in [0.25, 0.3) is 0 Å². The molecule has 4 atom stereocenters. The molecule has 2 aliphatic rings. The first-order chi connectivity index (χ1) is 18.5. The van der Waals surface area contributed by atoms with E-state index in [1.165, 1.54) is 0 Å². The molecule has 13 heteroatoms. The van der Waals surface area contributed by atoms with E-state index in [-0.39, 0.29) is 37.7 Å². The molecule has 0 saturated heterocycles. The van der Waals surface area contributed by atoms with Crippen LogP contribution in [0.3, 0.4) is 0 Å². The van der Waals surface area contributed by atoms with Gasteiger partial charge in [-0.05, 0) is 55.7 Å². The van der Waals surface area contributed by atoms with Gasteiger partial charge in [-0.15, -0.1) is 0 Å². The van der Waals surface area contributed by atoms with Crippen molar-refractivity contribution >= 4 is 29.7 Å². The Kier molecular flexibility index (Phi) is 12.5. The Hall–Kier alpha value is -3.87. The van der Waals surface area contributed by atoms with Crippen molar-refractivity contribution in [1.29, 1.82) is 5.41 Å².